The first-order valence-corrected chi connectivity index (χ1v) is 4.34. The molecule has 1 spiro atoms. The average Bonchev–Trinajstić information content (AvgIpc) is 2.37. The fraction of sp³-hybridized carbons (Fsp3) is 1.00. The third kappa shape index (κ3) is 1.41. The Labute approximate surface area is 66.8 Å². The highest BCUT2D eigenvalue weighted by atomic mass is 16.7. The van der Waals surface area contributed by atoms with Crippen LogP contribution in [-0.2, 0) is 9.47 Å². The zero-order valence-corrected chi connectivity index (χ0v) is 6.71. The molecule has 2 N–H and O–H groups in total. The standard InChI is InChI=1S/C8H15NO2/c9-7-2-1-3-8(6-7)10-4-5-11-8/h7H,1-6,9H2. The van der Waals surface area contributed by atoms with Gasteiger partial charge in [-0.25, -0.2) is 0 Å². The average molecular weight is 157 g/mol. The molecule has 1 unspecified atom stereocenters. The van der Waals surface area contributed by atoms with Crippen molar-refractivity contribution in [1.82, 2.24) is 0 Å². The van der Waals surface area contributed by atoms with E-state index in [1.165, 1.54) is 0 Å². The lowest BCUT2D eigenvalue weighted by atomic mass is 9.90. The summed E-state index contributed by atoms with van der Waals surface area (Å²) < 4.78 is 11.1. The van der Waals surface area contributed by atoms with Crippen molar-refractivity contribution >= 4 is 0 Å². The maximum atomic E-state index is 5.83. The number of ether oxygens (including phenoxy) is 2. The molecule has 0 aromatic heterocycles. The second kappa shape index (κ2) is 2.73. The number of hydrogen-bond donors (Lipinski definition) is 1. The van der Waals surface area contributed by atoms with Crippen molar-refractivity contribution in [2.45, 2.75) is 37.5 Å². The van der Waals surface area contributed by atoms with Gasteiger partial charge in [0.1, 0.15) is 0 Å². The predicted molar refractivity (Wildman–Crippen MR) is 41.1 cm³/mol. The van der Waals surface area contributed by atoms with E-state index in [1.807, 2.05) is 0 Å². The molecule has 0 radical (unpaired) electrons. The third-order valence-electron chi connectivity index (χ3n) is 2.52. The van der Waals surface area contributed by atoms with Gasteiger partial charge in [-0.1, -0.05) is 0 Å². The van der Waals surface area contributed by atoms with Crippen LogP contribution in [0, 0.1) is 0 Å². The predicted octanol–water partition coefficient (Wildman–Crippen LogP) is 0.631. The first kappa shape index (κ1) is 7.53. The van der Waals surface area contributed by atoms with Crippen molar-refractivity contribution in [1.29, 1.82) is 0 Å². The van der Waals surface area contributed by atoms with Gasteiger partial charge in [0.05, 0.1) is 13.2 Å². The molecule has 2 fully saturated rings. The molecule has 2 rings (SSSR count). The van der Waals surface area contributed by atoms with E-state index in [9.17, 15) is 0 Å². The van der Waals surface area contributed by atoms with E-state index in [2.05, 4.69) is 0 Å². The maximum Gasteiger partial charge on any atom is 0.169 e. The van der Waals surface area contributed by atoms with Gasteiger partial charge < -0.3 is 15.2 Å². The summed E-state index contributed by atoms with van der Waals surface area (Å²) in [4.78, 5) is 0. The highest BCUT2D eigenvalue weighted by molar-refractivity contribution is 4.84. The monoisotopic (exact) mass is 157 g/mol. The molecule has 0 aromatic carbocycles. The molecule has 11 heavy (non-hydrogen) atoms. The summed E-state index contributed by atoms with van der Waals surface area (Å²) in [7, 11) is 0. The Balaban J connectivity index is 2.00. The topological polar surface area (TPSA) is 44.5 Å². The van der Waals surface area contributed by atoms with Crippen LogP contribution in [0.5, 0.6) is 0 Å². The van der Waals surface area contributed by atoms with Crippen LogP contribution in [0.3, 0.4) is 0 Å². The van der Waals surface area contributed by atoms with Crippen LogP contribution in [0.4, 0.5) is 0 Å². The lowest BCUT2D eigenvalue weighted by molar-refractivity contribution is -0.179. The summed E-state index contributed by atoms with van der Waals surface area (Å²) in [5.74, 6) is -0.280. The lowest BCUT2D eigenvalue weighted by Crippen LogP contribution is -2.41. The van der Waals surface area contributed by atoms with Gasteiger partial charge in [-0.3, -0.25) is 0 Å². The molecular formula is C8H15NO2. The minimum absolute atomic E-state index is 0.279. The molecule has 64 valence electrons. The Morgan fingerprint density at radius 2 is 2.00 bits per heavy atom. The van der Waals surface area contributed by atoms with Crippen molar-refractivity contribution in [3.8, 4) is 0 Å². The second-order valence-corrected chi connectivity index (χ2v) is 3.46. The van der Waals surface area contributed by atoms with Gasteiger partial charge in [0.2, 0.25) is 0 Å². The fourth-order valence-electron chi connectivity index (χ4n) is 2.00. The Kier molecular flexibility index (Phi) is 1.87. The molecule has 1 aliphatic carbocycles. The zero-order valence-electron chi connectivity index (χ0n) is 6.71. The fourth-order valence-corrected chi connectivity index (χ4v) is 2.00. The normalized spacial score (nSPS) is 36.3. The highest BCUT2D eigenvalue weighted by Gasteiger charge is 2.40. The highest BCUT2D eigenvalue weighted by Crippen LogP contribution is 2.34. The van der Waals surface area contributed by atoms with Crippen LogP contribution < -0.4 is 5.73 Å². The molecule has 2 aliphatic rings. The molecule has 3 heteroatoms. The minimum Gasteiger partial charge on any atom is -0.347 e. The summed E-state index contributed by atoms with van der Waals surface area (Å²) in [6, 6.07) is 0.279. The van der Waals surface area contributed by atoms with Crippen LogP contribution in [0.2, 0.25) is 0 Å². The zero-order chi connectivity index (χ0) is 7.73. The van der Waals surface area contributed by atoms with Crippen LogP contribution in [0.15, 0.2) is 0 Å². The van der Waals surface area contributed by atoms with Crippen molar-refractivity contribution in [2.75, 3.05) is 13.2 Å². The summed E-state index contributed by atoms with van der Waals surface area (Å²) in [6.07, 6.45) is 4.17. The van der Waals surface area contributed by atoms with Gasteiger partial charge >= 0.3 is 0 Å². The number of nitrogens with two attached hydrogens (primary N) is 1. The summed E-state index contributed by atoms with van der Waals surface area (Å²) >= 11 is 0. The number of rotatable bonds is 0. The van der Waals surface area contributed by atoms with Gasteiger partial charge in [-0.2, -0.15) is 0 Å². The van der Waals surface area contributed by atoms with E-state index in [-0.39, 0.29) is 11.8 Å². The van der Waals surface area contributed by atoms with Crippen molar-refractivity contribution < 1.29 is 9.47 Å². The largest absolute Gasteiger partial charge is 0.347 e. The van der Waals surface area contributed by atoms with Crippen LogP contribution >= 0.6 is 0 Å². The van der Waals surface area contributed by atoms with E-state index >= 15 is 0 Å². The second-order valence-electron chi connectivity index (χ2n) is 3.46. The molecule has 0 bridgehead atoms. The summed E-state index contributed by atoms with van der Waals surface area (Å²) in [6.45, 7) is 1.49. The quantitative estimate of drug-likeness (QED) is 0.561. The van der Waals surface area contributed by atoms with Crippen LogP contribution in [0.25, 0.3) is 0 Å². The van der Waals surface area contributed by atoms with Gasteiger partial charge in [-0.05, 0) is 12.8 Å². The summed E-state index contributed by atoms with van der Waals surface area (Å²) in [5, 5.41) is 0. The van der Waals surface area contributed by atoms with E-state index in [0.717, 1.165) is 38.9 Å². The maximum absolute atomic E-state index is 5.83. The molecule has 1 saturated carbocycles. The lowest BCUT2D eigenvalue weighted by Gasteiger charge is -2.34. The minimum atomic E-state index is -0.280. The van der Waals surface area contributed by atoms with Crippen LogP contribution in [-0.4, -0.2) is 25.0 Å². The Bertz CT molecular complexity index is 143. The Morgan fingerprint density at radius 1 is 1.27 bits per heavy atom. The first-order chi connectivity index (χ1) is 5.31. The molecule has 1 heterocycles. The van der Waals surface area contributed by atoms with Crippen molar-refractivity contribution in [2.24, 2.45) is 5.73 Å². The molecular weight excluding hydrogens is 142 g/mol. The summed E-state index contributed by atoms with van der Waals surface area (Å²) in [5.41, 5.74) is 5.83. The van der Waals surface area contributed by atoms with E-state index in [4.69, 9.17) is 15.2 Å². The van der Waals surface area contributed by atoms with Gasteiger partial charge in [-0.15, -0.1) is 0 Å². The smallest absolute Gasteiger partial charge is 0.169 e. The molecule has 1 atom stereocenters. The van der Waals surface area contributed by atoms with Crippen molar-refractivity contribution in [3.63, 3.8) is 0 Å². The SMILES string of the molecule is NC1CCCC2(C1)OCCO2. The van der Waals surface area contributed by atoms with Gasteiger partial charge in [0.15, 0.2) is 5.79 Å². The molecule has 0 aromatic rings. The van der Waals surface area contributed by atoms with Crippen molar-refractivity contribution in [3.05, 3.63) is 0 Å². The van der Waals surface area contributed by atoms with Gasteiger partial charge in [0, 0.05) is 18.9 Å². The van der Waals surface area contributed by atoms with E-state index in [1.54, 1.807) is 0 Å². The first-order valence-electron chi connectivity index (χ1n) is 4.34. The molecule has 1 aliphatic heterocycles. The van der Waals surface area contributed by atoms with E-state index < -0.39 is 0 Å². The molecule has 1 saturated heterocycles. The van der Waals surface area contributed by atoms with Gasteiger partial charge in [0.25, 0.3) is 0 Å². The Morgan fingerprint density at radius 3 is 2.64 bits per heavy atom. The molecule has 3 nitrogen and oxygen atoms in total. The Hall–Kier alpha value is -0.120. The molecule has 0 amide bonds. The van der Waals surface area contributed by atoms with E-state index in [0.29, 0.717) is 0 Å². The number of hydrogen-bond acceptors (Lipinski definition) is 3. The third-order valence-corrected chi connectivity index (χ3v) is 2.52. The van der Waals surface area contributed by atoms with Crippen LogP contribution in [0.1, 0.15) is 25.7 Å².